The van der Waals surface area contributed by atoms with Crippen LogP contribution in [-0.2, 0) is 9.59 Å². The first-order chi connectivity index (χ1) is 12.7. The molecule has 0 saturated heterocycles. The summed E-state index contributed by atoms with van der Waals surface area (Å²) in [7, 11) is 0. The number of nitrogens with one attached hydrogen (secondary N) is 1. The Morgan fingerprint density at radius 1 is 0.923 bits per heavy atom. The minimum absolute atomic E-state index is 0.0286. The number of thioether (sulfide) groups is 1. The summed E-state index contributed by atoms with van der Waals surface area (Å²) in [5, 5.41) is 2.89. The van der Waals surface area contributed by atoms with Crippen LogP contribution in [0.2, 0.25) is 0 Å². The van der Waals surface area contributed by atoms with E-state index in [-0.39, 0.29) is 34.7 Å². The number of ketones is 1. The Morgan fingerprint density at radius 2 is 1.73 bits per heavy atom. The van der Waals surface area contributed by atoms with E-state index in [2.05, 4.69) is 23.5 Å². The van der Waals surface area contributed by atoms with Gasteiger partial charge in [0.25, 0.3) is 0 Å². The van der Waals surface area contributed by atoms with E-state index in [1.807, 2.05) is 42.5 Å². The van der Waals surface area contributed by atoms with E-state index in [4.69, 9.17) is 0 Å². The molecule has 4 heteroatoms. The fourth-order valence-electron chi connectivity index (χ4n) is 4.81. The van der Waals surface area contributed by atoms with Crippen LogP contribution in [0.5, 0.6) is 0 Å². The summed E-state index contributed by atoms with van der Waals surface area (Å²) in [5.41, 5.74) is 5.28. The molecule has 5 aliphatic rings. The molecule has 0 saturated carbocycles. The number of allylic oxidation sites excluding steroid dienone is 8. The van der Waals surface area contributed by atoms with Gasteiger partial charge in [0.2, 0.25) is 5.91 Å². The highest BCUT2D eigenvalue weighted by Gasteiger charge is 2.50. The number of carbonyl (C=O) groups is 2. The fourth-order valence-corrected chi connectivity index (χ4v) is 6.06. The second kappa shape index (κ2) is 4.98. The van der Waals surface area contributed by atoms with E-state index in [1.54, 1.807) is 11.8 Å². The molecule has 4 atom stereocenters. The molecule has 2 heterocycles. The summed E-state index contributed by atoms with van der Waals surface area (Å²) in [6.45, 7) is 0. The monoisotopic (exact) mass is 357 g/mol. The lowest BCUT2D eigenvalue weighted by molar-refractivity contribution is -0.126. The molecule has 26 heavy (non-hydrogen) atoms. The van der Waals surface area contributed by atoms with Crippen molar-refractivity contribution in [1.29, 1.82) is 0 Å². The summed E-state index contributed by atoms with van der Waals surface area (Å²) in [6.07, 6.45) is 12.0. The molecular formula is C22H15NO2S. The molecule has 0 aromatic heterocycles. The van der Waals surface area contributed by atoms with Crippen molar-refractivity contribution in [3.05, 3.63) is 83.1 Å². The Hall–Kier alpha value is -2.59. The number of hydrogen-bond donors (Lipinski definition) is 1. The van der Waals surface area contributed by atoms with Crippen molar-refractivity contribution in [3.8, 4) is 0 Å². The zero-order valence-electron chi connectivity index (χ0n) is 13.8. The number of carbonyl (C=O) groups excluding carboxylic acids is 2. The van der Waals surface area contributed by atoms with Crippen LogP contribution >= 0.6 is 11.8 Å². The maximum absolute atomic E-state index is 13.2. The lowest BCUT2D eigenvalue weighted by atomic mass is 9.64. The number of amides is 1. The normalized spacial score (nSPS) is 32.9. The molecule has 0 spiro atoms. The molecule has 1 amide bonds. The maximum atomic E-state index is 13.2. The first-order valence-corrected chi connectivity index (χ1v) is 9.74. The Kier molecular flexibility index (Phi) is 2.79. The Bertz CT molecular complexity index is 1060. The number of fused-ring (bicyclic) bond motifs is 4. The molecule has 2 aliphatic heterocycles. The van der Waals surface area contributed by atoms with Crippen molar-refractivity contribution < 1.29 is 9.59 Å². The lowest BCUT2D eigenvalue weighted by Gasteiger charge is -2.45. The van der Waals surface area contributed by atoms with Crippen molar-refractivity contribution in [1.82, 2.24) is 5.32 Å². The average molecular weight is 357 g/mol. The van der Waals surface area contributed by atoms with E-state index in [1.165, 1.54) is 0 Å². The van der Waals surface area contributed by atoms with Gasteiger partial charge in [-0.25, -0.2) is 0 Å². The second-order valence-corrected chi connectivity index (χ2v) is 8.35. The van der Waals surface area contributed by atoms with Crippen LogP contribution in [0, 0.1) is 17.8 Å². The molecule has 1 aromatic rings. The van der Waals surface area contributed by atoms with Gasteiger partial charge in [-0.05, 0) is 28.3 Å². The molecule has 4 unspecified atom stereocenters. The van der Waals surface area contributed by atoms with Crippen molar-refractivity contribution >= 4 is 29.0 Å². The van der Waals surface area contributed by atoms with Gasteiger partial charge in [-0.2, -0.15) is 0 Å². The molecule has 3 aliphatic carbocycles. The van der Waals surface area contributed by atoms with Gasteiger partial charge in [0.15, 0.2) is 5.78 Å². The lowest BCUT2D eigenvalue weighted by Crippen LogP contribution is -2.50. The highest BCUT2D eigenvalue weighted by molar-refractivity contribution is 8.01. The minimum atomic E-state index is -0.279. The Labute approximate surface area is 155 Å². The predicted octanol–water partition coefficient (Wildman–Crippen LogP) is 3.43. The Morgan fingerprint density at radius 3 is 2.62 bits per heavy atom. The van der Waals surface area contributed by atoms with Gasteiger partial charge < -0.3 is 5.32 Å². The summed E-state index contributed by atoms with van der Waals surface area (Å²) in [5.74, 6) is -0.242. The molecule has 3 nitrogen and oxygen atoms in total. The topological polar surface area (TPSA) is 46.2 Å². The second-order valence-electron chi connectivity index (χ2n) is 7.20. The highest BCUT2D eigenvalue weighted by Crippen LogP contribution is 2.54. The predicted molar refractivity (Wildman–Crippen MR) is 101 cm³/mol. The van der Waals surface area contributed by atoms with Gasteiger partial charge in [0.1, 0.15) is 5.25 Å². The Balaban J connectivity index is 1.67. The number of hydrogen-bond acceptors (Lipinski definition) is 3. The van der Waals surface area contributed by atoms with E-state index in [9.17, 15) is 9.59 Å². The van der Waals surface area contributed by atoms with Crippen molar-refractivity contribution in [2.45, 2.75) is 10.1 Å². The van der Waals surface area contributed by atoms with Crippen LogP contribution in [0.15, 0.2) is 82.5 Å². The zero-order chi connectivity index (χ0) is 17.4. The zero-order valence-corrected chi connectivity index (χ0v) is 14.6. The van der Waals surface area contributed by atoms with Gasteiger partial charge in [-0.3, -0.25) is 9.59 Å². The van der Waals surface area contributed by atoms with Gasteiger partial charge in [-0.1, -0.05) is 54.7 Å². The summed E-state index contributed by atoms with van der Waals surface area (Å²) in [4.78, 5) is 27.3. The van der Waals surface area contributed by atoms with Gasteiger partial charge in [0, 0.05) is 22.4 Å². The third-order valence-corrected chi connectivity index (χ3v) is 7.22. The molecule has 126 valence electrons. The molecule has 6 rings (SSSR count). The minimum Gasteiger partial charge on any atom is -0.328 e. The summed E-state index contributed by atoms with van der Waals surface area (Å²) in [6, 6.07) is 8.21. The first-order valence-electron chi connectivity index (χ1n) is 8.86. The average Bonchev–Trinajstić information content (AvgIpc) is 2.69. The number of Topliss-reactive ketones (excluding diaryl/α,β-unsaturated/α-hetero) is 1. The number of rotatable bonds is 0. The van der Waals surface area contributed by atoms with E-state index < -0.39 is 0 Å². The van der Waals surface area contributed by atoms with Crippen LogP contribution in [0.25, 0.3) is 5.57 Å². The molecular weight excluding hydrogens is 342 g/mol. The van der Waals surface area contributed by atoms with Crippen LogP contribution in [0.4, 0.5) is 0 Å². The smallest absolute Gasteiger partial charge is 0.242 e. The van der Waals surface area contributed by atoms with Crippen LogP contribution in [0.3, 0.4) is 0 Å². The van der Waals surface area contributed by atoms with Crippen LogP contribution in [0.1, 0.15) is 5.56 Å². The largest absolute Gasteiger partial charge is 0.328 e. The third-order valence-electron chi connectivity index (χ3n) is 5.92. The van der Waals surface area contributed by atoms with Crippen LogP contribution in [-0.4, -0.2) is 16.9 Å². The highest BCUT2D eigenvalue weighted by atomic mass is 32.2. The van der Waals surface area contributed by atoms with Crippen molar-refractivity contribution in [2.24, 2.45) is 17.8 Å². The van der Waals surface area contributed by atoms with E-state index in [0.717, 1.165) is 32.9 Å². The molecule has 1 aromatic carbocycles. The summed E-state index contributed by atoms with van der Waals surface area (Å²) < 4.78 is 0. The fraction of sp³-hybridized carbons (Fsp3) is 0.182. The molecule has 1 N–H and O–H groups in total. The SMILES string of the molecule is O=C1NC2=C3C4=C(C=CC3C(=O)C3C=CC=CC23)c2ccccc2SC14. The van der Waals surface area contributed by atoms with Crippen LogP contribution < -0.4 is 5.32 Å². The molecule has 0 radical (unpaired) electrons. The third kappa shape index (κ3) is 1.70. The number of benzene rings is 1. The van der Waals surface area contributed by atoms with Gasteiger partial charge in [-0.15, -0.1) is 11.8 Å². The molecule has 0 bridgehead atoms. The molecule has 0 fully saturated rings. The van der Waals surface area contributed by atoms with E-state index in [0.29, 0.717) is 0 Å². The quantitative estimate of drug-likeness (QED) is 0.774. The maximum Gasteiger partial charge on any atom is 0.242 e. The van der Waals surface area contributed by atoms with E-state index >= 15 is 0 Å². The first kappa shape index (κ1) is 14.6. The van der Waals surface area contributed by atoms with Gasteiger partial charge in [0.05, 0.1) is 5.92 Å². The summed E-state index contributed by atoms with van der Waals surface area (Å²) >= 11 is 1.59. The standard InChI is InChI=1S/C22H15NO2S/c24-20-14-7-2-1-6-13(14)19-17-15(20)10-9-12-11-5-3-4-8-16(11)26-21(18(12)17)22(25)23-19/h1-10,13-15,21H,(H,23,25). The van der Waals surface area contributed by atoms with Crippen molar-refractivity contribution in [2.75, 3.05) is 0 Å². The van der Waals surface area contributed by atoms with Gasteiger partial charge >= 0.3 is 0 Å². The van der Waals surface area contributed by atoms with Crippen molar-refractivity contribution in [3.63, 3.8) is 0 Å².